The summed E-state index contributed by atoms with van der Waals surface area (Å²) >= 11 is 0. The van der Waals surface area contributed by atoms with Crippen LogP contribution in [0.15, 0.2) is 18.2 Å². The fourth-order valence-corrected chi connectivity index (χ4v) is 5.57. The van der Waals surface area contributed by atoms with Crippen molar-refractivity contribution in [1.29, 1.82) is 5.26 Å². The Morgan fingerprint density at radius 1 is 1.42 bits per heavy atom. The largest absolute Gasteiger partial charge is 0.390 e. The molecule has 0 aromatic heterocycles. The van der Waals surface area contributed by atoms with Crippen LogP contribution >= 0.6 is 0 Å². The minimum absolute atomic E-state index is 0.0640. The summed E-state index contributed by atoms with van der Waals surface area (Å²) in [7, 11) is 0. The highest BCUT2D eigenvalue weighted by Crippen LogP contribution is 2.65. The van der Waals surface area contributed by atoms with Gasteiger partial charge >= 0.3 is 0 Å². The minimum atomic E-state index is -0.714. The topological polar surface area (TPSA) is 82.8 Å². The van der Waals surface area contributed by atoms with Gasteiger partial charge in [-0.2, -0.15) is 5.26 Å². The first-order chi connectivity index (χ1) is 12.4. The summed E-state index contributed by atoms with van der Waals surface area (Å²) < 4.78 is 12.3. The molecular formula is C20H18N2O4. The molecule has 6 heteroatoms. The molecule has 6 atom stereocenters. The second-order valence-corrected chi connectivity index (χ2v) is 7.80. The lowest BCUT2D eigenvalue weighted by molar-refractivity contribution is -0.163. The maximum Gasteiger partial charge on any atom is 0.235 e. The van der Waals surface area contributed by atoms with Crippen LogP contribution in [0.5, 0.6) is 0 Å². The van der Waals surface area contributed by atoms with E-state index in [0.717, 1.165) is 0 Å². The number of nitriles is 1. The number of benzene rings is 1. The Hall–Kier alpha value is -2.38. The molecule has 4 aliphatic rings. The predicted octanol–water partition coefficient (Wildman–Crippen LogP) is 1.16. The zero-order valence-corrected chi connectivity index (χ0v) is 14.3. The van der Waals surface area contributed by atoms with Gasteiger partial charge in [0.1, 0.15) is 17.9 Å². The Morgan fingerprint density at radius 2 is 2.23 bits per heavy atom. The monoisotopic (exact) mass is 350 g/mol. The molecule has 4 saturated heterocycles. The Kier molecular flexibility index (Phi) is 2.96. The summed E-state index contributed by atoms with van der Waals surface area (Å²) in [4.78, 5) is 15.0. The molecular weight excluding hydrogens is 332 g/mol. The van der Waals surface area contributed by atoms with E-state index in [-0.39, 0.29) is 17.7 Å². The van der Waals surface area contributed by atoms with E-state index < -0.39 is 23.5 Å². The molecule has 4 aliphatic heterocycles. The summed E-state index contributed by atoms with van der Waals surface area (Å²) in [5, 5.41) is 19.8. The van der Waals surface area contributed by atoms with Gasteiger partial charge in [-0.15, -0.1) is 6.42 Å². The van der Waals surface area contributed by atoms with Crippen LogP contribution in [0.4, 0.5) is 5.69 Å². The molecule has 5 rings (SSSR count). The van der Waals surface area contributed by atoms with E-state index in [4.69, 9.17) is 15.9 Å². The van der Waals surface area contributed by atoms with E-state index >= 15 is 0 Å². The first-order valence-corrected chi connectivity index (χ1v) is 8.79. The quantitative estimate of drug-likeness (QED) is 0.769. The number of nitrogens with zero attached hydrogens (tertiary/aromatic N) is 2. The maximum atomic E-state index is 13.4. The standard InChI is InChI=1S/C20H18N2O4/c1-3-11-8-13(5-4-12(11)10-21)22-17(24)15-16-18(22)25-7-6-20(16)14(23)9-19(15,2)26-20/h1,4-5,8,14-16,18,23H,6-7,9H2,2H3/t14-,15+,16-,18-,19+,20-/m0/s1. The van der Waals surface area contributed by atoms with Gasteiger partial charge in [-0.05, 0) is 25.1 Å². The van der Waals surface area contributed by atoms with E-state index in [1.165, 1.54) is 0 Å². The van der Waals surface area contributed by atoms with Gasteiger partial charge in [0.25, 0.3) is 0 Å². The zero-order chi connectivity index (χ0) is 18.3. The number of anilines is 1. The fourth-order valence-electron chi connectivity index (χ4n) is 5.57. The first-order valence-electron chi connectivity index (χ1n) is 8.79. The Labute approximate surface area is 151 Å². The highest BCUT2D eigenvalue weighted by atomic mass is 16.6. The smallest absolute Gasteiger partial charge is 0.235 e. The predicted molar refractivity (Wildman–Crippen MR) is 90.8 cm³/mol. The normalized spacial score (nSPS) is 42.5. The SMILES string of the molecule is C#Cc1cc(N2C(=O)[C@H]3[C@H]4[C@@H]2OCC[C@@]42O[C@]3(C)C[C@@H]2O)ccc1C#N. The number of hydrogen-bond donors (Lipinski definition) is 1. The number of aliphatic hydroxyl groups is 1. The van der Waals surface area contributed by atoms with Crippen molar-refractivity contribution in [1.82, 2.24) is 0 Å². The van der Waals surface area contributed by atoms with Crippen LogP contribution in [0, 0.1) is 35.5 Å². The molecule has 26 heavy (non-hydrogen) atoms. The van der Waals surface area contributed by atoms with Crippen LogP contribution in [0.2, 0.25) is 0 Å². The lowest BCUT2D eigenvalue weighted by Crippen LogP contribution is -2.56. The molecule has 1 N–H and O–H groups in total. The summed E-state index contributed by atoms with van der Waals surface area (Å²) in [5.41, 5.74) is 0.0779. The van der Waals surface area contributed by atoms with Crippen LogP contribution in [-0.2, 0) is 14.3 Å². The van der Waals surface area contributed by atoms with Crippen molar-refractivity contribution in [3.63, 3.8) is 0 Å². The van der Waals surface area contributed by atoms with Crippen LogP contribution < -0.4 is 4.90 Å². The van der Waals surface area contributed by atoms with Gasteiger partial charge in [-0.1, -0.05) is 5.92 Å². The Balaban J connectivity index is 1.63. The van der Waals surface area contributed by atoms with Gasteiger partial charge in [0.2, 0.25) is 5.91 Å². The van der Waals surface area contributed by atoms with Gasteiger partial charge < -0.3 is 14.6 Å². The first kappa shape index (κ1) is 15.8. The average Bonchev–Trinajstić information content (AvgIpc) is 3.18. The van der Waals surface area contributed by atoms with Gasteiger partial charge in [0.15, 0.2) is 0 Å². The van der Waals surface area contributed by atoms with E-state index in [0.29, 0.717) is 36.3 Å². The zero-order valence-electron chi connectivity index (χ0n) is 14.3. The number of amides is 1. The van der Waals surface area contributed by atoms with Crippen molar-refractivity contribution in [2.45, 2.75) is 43.3 Å². The third-order valence-electron chi connectivity index (χ3n) is 6.57. The third kappa shape index (κ3) is 1.65. The van der Waals surface area contributed by atoms with E-state index in [1.54, 1.807) is 23.1 Å². The molecule has 0 aliphatic carbocycles. The van der Waals surface area contributed by atoms with E-state index in [2.05, 4.69) is 12.0 Å². The summed E-state index contributed by atoms with van der Waals surface area (Å²) in [5.74, 6) is 1.89. The number of carbonyl (C=O) groups is 1. The summed E-state index contributed by atoms with van der Waals surface area (Å²) in [6.07, 6.45) is 5.50. The van der Waals surface area contributed by atoms with Crippen molar-refractivity contribution < 1.29 is 19.4 Å². The van der Waals surface area contributed by atoms with Crippen LogP contribution in [0.1, 0.15) is 30.9 Å². The molecule has 1 spiro atoms. The molecule has 1 aromatic carbocycles. The number of aliphatic hydroxyl groups excluding tert-OH is 1. The minimum Gasteiger partial charge on any atom is -0.390 e. The molecule has 6 nitrogen and oxygen atoms in total. The molecule has 1 amide bonds. The van der Waals surface area contributed by atoms with Crippen molar-refractivity contribution in [2.75, 3.05) is 11.5 Å². The Morgan fingerprint density at radius 3 is 2.96 bits per heavy atom. The van der Waals surface area contributed by atoms with E-state index in [1.807, 2.05) is 6.92 Å². The van der Waals surface area contributed by atoms with Crippen molar-refractivity contribution in [3.05, 3.63) is 29.3 Å². The van der Waals surface area contributed by atoms with Crippen LogP contribution in [-0.4, -0.2) is 41.2 Å². The van der Waals surface area contributed by atoms with Crippen LogP contribution in [0.25, 0.3) is 0 Å². The molecule has 0 unspecified atom stereocenters. The molecule has 1 aromatic rings. The van der Waals surface area contributed by atoms with Crippen molar-refractivity contribution >= 4 is 11.6 Å². The van der Waals surface area contributed by atoms with Gasteiger partial charge in [-0.25, -0.2) is 0 Å². The highest BCUT2D eigenvalue weighted by molar-refractivity contribution is 6.00. The summed E-state index contributed by atoms with van der Waals surface area (Å²) in [6.45, 7) is 2.33. The number of rotatable bonds is 1. The molecule has 0 radical (unpaired) electrons. The third-order valence-corrected chi connectivity index (χ3v) is 6.57. The fraction of sp³-hybridized carbons (Fsp3) is 0.500. The maximum absolute atomic E-state index is 13.4. The lowest BCUT2D eigenvalue weighted by Gasteiger charge is -2.43. The van der Waals surface area contributed by atoms with Gasteiger partial charge in [0.05, 0.1) is 35.7 Å². The second kappa shape index (κ2) is 4.86. The molecule has 4 heterocycles. The van der Waals surface area contributed by atoms with Crippen LogP contribution in [0.3, 0.4) is 0 Å². The Bertz CT molecular complexity index is 915. The van der Waals surface area contributed by atoms with Crippen molar-refractivity contribution in [2.24, 2.45) is 11.8 Å². The number of carbonyl (C=O) groups excluding carboxylic acids is 1. The number of ether oxygens (including phenoxy) is 2. The highest BCUT2D eigenvalue weighted by Gasteiger charge is 2.78. The van der Waals surface area contributed by atoms with Gasteiger partial charge in [-0.3, -0.25) is 9.69 Å². The molecule has 132 valence electrons. The summed E-state index contributed by atoms with van der Waals surface area (Å²) in [6, 6.07) is 7.11. The van der Waals surface area contributed by atoms with E-state index in [9.17, 15) is 15.2 Å². The number of hydrogen-bond acceptors (Lipinski definition) is 5. The lowest BCUT2D eigenvalue weighted by atomic mass is 9.65. The average molecular weight is 350 g/mol. The second-order valence-electron chi connectivity index (χ2n) is 7.80. The van der Waals surface area contributed by atoms with Crippen molar-refractivity contribution in [3.8, 4) is 18.4 Å². The van der Waals surface area contributed by atoms with Gasteiger partial charge in [0, 0.05) is 24.1 Å². The number of fused-ring (bicyclic) bond motifs is 2. The molecule has 0 saturated carbocycles. The number of terminal acetylenes is 1. The molecule has 4 fully saturated rings. The molecule has 2 bridgehead atoms.